The molecule has 2 fully saturated rings. The summed E-state index contributed by atoms with van der Waals surface area (Å²) in [5.74, 6) is 0.443. The minimum atomic E-state index is -0.158. The summed E-state index contributed by atoms with van der Waals surface area (Å²) in [6.45, 7) is 5.09. The average molecular weight is 477 g/mol. The first-order chi connectivity index (χ1) is 17.1. The lowest BCUT2D eigenvalue weighted by atomic mass is 10.1. The topological polar surface area (TPSA) is 101 Å². The summed E-state index contributed by atoms with van der Waals surface area (Å²) >= 11 is 0. The Morgan fingerprint density at radius 1 is 1.14 bits per heavy atom. The lowest BCUT2D eigenvalue weighted by Crippen LogP contribution is -2.50. The van der Waals surface area contributed by atoms with Gasteiger partial charge in [0.25, 0.3) is 5.56 Å². The largest absolute Gasteiger partial charge is 0.376 e. The number of carbonyl (C=O) groups excluding carboxylic acids is 1. The van der Waals surface area contributed by atoms with Crippen molar-refractivity contribution in [2.24, 2.45) is 0 Å². The van der Waals surface area contributed by atoms with E-state index in [9.17, 15) is 9.59 Å². The maximum absolute atomic E-state index is 13.6. The molecular weight excluding hydrogens is 444 g/mol. The second-order valence-electron chi connectivity index (χ2n) is 9.41. The summed E-state index contributed by atoms with van der Waals surface area (Å²) in [5.41, 5.74) is 3.36. The van der Waals surface area contributed by atoms with Gasteiger partial charge in [0.1, 0.15) is 5.52 Å². The van der Waals surface area contributed by atoms with Crippen molar-refractivity contribution in [3.63, 3.8) is 0 Å². The first kappa shape index (κ1) is 23.3. The molecule has 5 rings (SSSR count). The van der Waals surface area contributed by atoms with Crippen LogP contribution in [0.1, 0.15) is 36.8 Å². The van der Waals surface area contributed by atoms with E-state index in [4.69, 9.17) is 9.72 Å². The number of hydrogen-bond acceptors (Lipinski definition) is 6. The highest BCUT2D eigenvalue weighted by Crippen LogP contribution is 2.19. The summed E-state index contributed by atoms with van der Waals surface area (Å²) < 4.78 is 7.27. The quantitative estimate of drug-likeness (QED) is 0.567. The predicted octanol–water partition coefficient (Wildman–Crippen LogP) is 2.60. The zero-order chi connectivity index (χ0) is 24.2. The van der Waals surface area contributed by atoms with E-state index in [-0.39, 0.29) is 23.7 Å². The number of carbonyl (C=O) groups is 1. The number of benzene rings is 1. The number of amides is 2. The molecule has 9 heteroatoms. The molecule has 0 unspecified atom stereocenters. The van der Waals surface area contributed by atoms with Crippen LogP contribution in [0.2, 0.25) is 0 Å². The normalized spacial score (nSPS) is 18.7. The Bertz CT molecular complexity index is 1230. The monoisotopic (exact) mass is 476 g/mol. The van der Waals surface area contributed by atoms with Crippen molar-refractivity contribution in [2.75, 3.05) is 31.1 Å². The van der Waals surface area contributed by atoms with Crippen molar-refractivity contribution in [3.05, 3.63) is 64.1 Å². The van der Waals surface area contributed by atoms with E-state index < -0.39 is 0 Å². The van der Waals surface area contributed by atoms with Crippen LogP contribution in [0, 0.1) is 6.92 Å². The number of aryl methyl sites for hydroxylation is 1. The van der Waals surface area contributed by atoms with Crippen LogP contribution in [0.25, 0.3) is 11.2 Å². The van der Waals surface area contributed by atoms with Crippen LogP contribution in [0.4, 0.5) is 10.6 Å². The van der Waals surface area contributed by atoms with Gasteiger partial charge in [-0.2, -0.15) is 0 Å². The van der Waals surface area contributed by atoms with E-state index >= 15 is 0 Å². The molecule has 0 radical (unpaired) electrons. The lowest BCUT2D eigenvalue weighted by Gasteiger charge is -2.33. The Kier molecular flexibility index (Phi) is 6.94. The molecular formula is C26H32N6O3. The van der Waals surface area contributed by atoms with Gasteiger partial charge in [-0.15, -0.1) is 0 Å². The minimum absolute atomic E-state index is 0.0626. The Balaban J connectivity index is 1.27. The highest BCUT2D eigenvalue weighted by Gasteiger charge is 2.25. The smallest absolute Gasteiger partial charge is 0.315 e. The number of hydrogen-bond donors (Lipinski definition) is 2. The molecule has 184 valence electrons. The number of urea groups is 1. The molecule has 0 spiro atoms. The molecule has 0 saturated carbocycles. The fourth-order valence-electron chi connectivity index (χ4n) is 4.78. The van der Waals surface area contributed by atoms with Crippen molar-refractivity contribution < 1.29 is 9.53 Å². The van der Waals surface area contributed by atoms with Crippen LogP contribution in [0.5, 0.6) is 0 Å². The molecule has 0 aliphatic carbocycles. The van der Waals surface area contributed by atoms with Gasteiger partial charge >= 0.3 is 6.03 Å². The molecule has 2 saturated heterocycles. The van der Waals surface area contributed by atoms with Crippen LogP contribution in [-0.2, 0) is 11.3 Å². The highest BCUT2D eigenvalue weighted by molar-refractivity contribution is 5.74. The number of anilines is 1. The fourth-order valence-corrected chi connectivity index (χ4v) is 4.78. The summed E-state index contributed by atoms with van der Waals surface area (Å²) in [7, 11) is 0. The second-order valence-corrected chi connectivity index (χ2v) is 9.41. The summed E-state index contributed by atoms with van der Waals surface area (Å²) in [5, 5.41) is 5.98. The molecule has 0 bridgehead atoms. The molecule has 2 N–H and O–H groups in total. The fraction of sp³-hybridized carbons (Fsp3) is 0.462. The Hall–Kier alpha value is -3.46. The number of ether oxygens (including phenoxy) is 1. The van der Waals surface area contributed by atoms with Crippen LogP contribution in [0.15, 0.2) is 47.4 Å². The number of rotatable bonds is 6. The van der Waals surface area contributed by atoms with E-state index in [0.29, 0.717) is 43.2 Å². The summed E-state index contributed by atoms with van der Waals surface area (Å²) in [6.07, 6.45) is 5.36. The third-order valence-electron chi connectivity index (χ3n) is 6.79. The number of nitrogens with one attached hydrogen (secondary N) is 2. The first-order valence-electron chi connectivity index (χ1n) is 12.4. The predicted molar refractivity (Wildman–Crippen MR) is 135 cm³/mol. The van der Waals surface area contributed by atoms with Crippen molar-refractivity contribution in [3.8, 4) is 0 Å². The van der Waals surface area contributed by atoms with Gasteiger partial charge in [0.15, 0.2) is 11.5 Å². The molecule has 4 heterocycles. The Morgan fingerprint density at radius 2 is 1.94 bits per heavy atom. The van der Waals surface area contributed by atoms with E-state index in [0.717, 1.165) is 37.9 Å². The van der Waals surface area contributed by atoms with Gasteiger partial charge in [0, 0.05) is 38.5 Å². The molecule has 2 amide bonds. The Labute approximate surface area is 204 Å². The van der Waals surface area contributed by atoms with E-state index in [1.54, 1.807) is 10.8 Å². The van der Waals surface area contributed by atoms with Gasteiger partial charge in [-0.05, 0) is 50.3 Å². The average Bonchev–Trinajstić information content (AvgIpc) is 3.40. The van der Waals surface area contributed by atoms with Gasteiger partial charge in [0.05, 0.1) is 12.6 Å². The number of piperidine rings is 1. The zero-order valence-corrected chi connectivity index (χ0v) is 20.1. The zero-order valence-electron chi connectivity index (χ0n) is 20.1. The molecule has 1 aromatic carbocycles. The van der Waals surface area contributed by atoms with Gasteiger partial charge in [-0.1, -0.05) is 29.8 Å². The molecule has 9 nitrogen and oxygen atoms in total. The van der Waals surface area contributed by atoms with Gasteiger partial charge in [-0.25, -0.2) is 14.8 Å². The van der Waals surface area contributed by atoms with Gasteiger partial charge in [-0.3, -0.25) is 9.36 Å². The number of pyridine rings is 1. The molecule has 1 atom stereocenters. The second kappa shape index (κ2) is 10.4. The number of aromatic nitrogens is 3. The standard InChI is InChI=1S/C26H32N6O3/c1-18-6-8-19(9-7-18)17-32-23-22(5-2-12-27-23)30-24(25(32)33)31-13-10-20(11-14-31)29-26(34)28-16-21-4-3-15-35-21/h2,5-9,12,20-21H,3-4,10-11,13-17H2,1H3,(H2,28,29,34)/t21-/m0/s1. The van der Waals surface area contributed by atoms with Crippen LogP contribution < -0.4 is 21.1 Å². The van der Waals surface area contributed by atoms with E-state index in [1.807, 2.05) is 48.2 Å². The van der Waals surface area contributed by atoms with Gasteiger partial charge in [0.2, 0.25) is 0 Å². The third-order valence-corrected chi connectivity index (χ3v) is 6.79. The minimum Gasteiger partial charge on any atom is -0.376 e. The highest BCUT2D eigenvalue weighted by atomic mass is 16.5. The van der Waals surface area contributed by atoms with Crippen molar-refractivity contribution >= 4 is 23.0 Å². The number of fused-ring (bicyclic) bond motifs is 1. The number of nitrogens with zero attached hydrogens (tertiary/aromatic N) is 4. The lowest BCUT2D eigenvalue weighted by molar-refractivity contribution is 0.111. The summed E-state index contributed by atoms with van der Waals surface area (Å²) in [4.78, 5) is 37.0. The molecule has 35 heavy (non-hydrogen) atoms. The van der Waals surface area contributed by atoms with Gasteiger partial charge < -0.3 is 20.3 Å². The third kappa shape index (κ3) is 5.45. The van der Waals surface area contributed by atoms with Crippen LogP contribution in [-0.4, -0.2) is 59.0 Å². The van der Waals surface area contributed by atoms with Crippen LogP contribution in [0.3, 0.4) is 0 Å². The molecule has 3 aromatic rings. The van der Waals surface area contributed by atoms with Crippen LogP contribution >= 0.6 is 0 Å². The molecule has 2 aromatic heterocycles. The first-order valence-corrected chi connectivity index (χ1v) is 12.4. The molecule has 2 aliphatic heterocycles. The molecule has 2 aliphatic rings. The van der Waals surface area contributed by atoms with E-state index in [1.165, 1.54) is 5.56 Å². The van der Waals surface area contributed by atoms with E-state index in [2.05, 4.69) is 15.6 Å². The maximum atomic E-state index is 13.6. The van der Waals surface area contributed by atoms with Crippen molar-refractivity contribution in [1.82, 2.24) is 25.2 Å². The van der Waals surface area contributed by atoms with Crippen molar-refractivity contribution in [2.45, 2.75) is 51.3 Å². The SMILES string of the molecule is Cc1ccc(Cn2c(=O)c(N3CCC(NC(=O)NC[C@@H]4CCCO4)CC3)nc3cccnc32)cc1. The Morgan fingerprint density at radius 3 is 2.69 bits per heavy atom. The van der Waals surface area contributed by atoms with Crippen molar-refractivity contribution in [1.29, 1.82) is 0 Å². The maximum Gasteiger partial charge on any atom is 0.315 e. The summed E-state index contributed by atoms with van der Waals surface area (Å²) in [6, 6.07) is 11.8.